The lowest BCUT2D eigenvalue weighted by atomic mass is 10.1. The summed E-state index contributed by atoms with van der Waals surface area (Å²) >= 11 is 0. The third kappa shape index (κ3) is 3.92. The Bertz CT molecular complexity index is 484. The maximum Gasteiger partial charge on any atom is 0.0953 e. The molecule has 0 aliphatic rings. The zero-order valence-electron chi connectivity index (χ0n) is 11.1. The Balaban J connectivity index is 1.94. The summed E-state index contributed by atoms with van der Waals surface area (Å²) in [7, 11) is 0. The van der Waals surface area contributed by atoms with Gasteiger partial charge < -0.3 is 9.88 Å². The first kappa shape index (κ1) is 12.7. The van der Waals surface area contributed by atoms with Crippen molar-refractivity contribution in [2.75, 3.05) is 0 Å². The lowest BCUT2D eigenvalue weighted by molar-refractivity contribution is 0.421. The molecule has 2 heterocycles. The number of rotatable bonds is 4. The Hall–Kier alpha value is -1.75. The van der Waals surface area contributed by atoms with Crippen LogP contribution in [0.2, 0.25) is 0 Å². The van der Waals surface area contributed by atoms with E-state index >= 15 is 0 Å². The largest absolute Gasteiger partial charge is 0.331 e. The fourth-order valence-electron chi connectivity index (χ4n) is 1.54. The van der Waals surface area contributed by atoms with Crippen molar-refractivity contribution in [3.63, 3.8) is 0 Å². The molecule has 0 aromatic carbocycles. The summed E-state index contributed by atoms with van der Waals surface area (Å²) in [6, 6.07) is 3.85. The van der Waals surface area contributed by atoms with Gasteiger partial charge >= 0.3 is 0 Å². The molecule has 2 aromatic rings. The van der Waals surface area contributed by atoms with E-state index in [9.17, 15) is 0 Å². The van der Waals surface area contributed by atoms with Crippen molar-refractivity contribution in [2.24, 2.45) is 0 Å². The van der Waals surface area contributed by atoms with Crippen LogP contribution in [0.5, 0.6) is 0 Å². The zero-order chi connectivity index (χ0) is 13.0. The van der Waals surface area contributed by atoms with E-state index in [-0.39, 0.29) is 5.54 Å². The van der Waals surface area contributed by atoms with Crippen LogP contribution >= 0.6 is 0 Å². The molecule has 96 valence electrons. The van der Waals surface area contributed by atoms with E-state index in [0.717, 1.165) is 17.9 Å². The van der Waals surface area contributed by atoms with Crippen LogP contribution in [0, 0.1) is 0 Å². The molecular weight excluding hydrogens is 226 g/mol. The monoisotopic (exact) mass is 245 g/mol. The molecule has 5 heteroatoms. The molecule has 0 bridgehead atoms. The molecule has 1 N–H and O–H groups in total. The molecule has 0 unspecified atom stereocenters. The number of hydrogen-bond acceptors (Lipinski definition) is 4. The van der Waals surface area contributed by atoms with Gasteiger partial charge in [0.2, 0.25) is 0 Å². The van der Waals surface area contributed by atoms with Crippen LogP contribution in [-0.4, -0.2) is 25.3 Å². The second-order valence-electron chi connectivity index (χ2n) is 5.36. The highest BCUT2D eigenvalue weighted by Crippen LogP contribution is 2.04. The zero-order valence-corrected chi connectivity index (χ0v) is 11.1. The van der Waals surface area contributed by atoms with Crippen molar-refractivity contribution in [3.05, 3.63) is 42.2 Å². The summed E-state index contributed by atoms with van der Waals surface area (Å²) in [6.07, 6.45) is 5.54. The lowest BCUT2D eigenvalue weighted by Gasteiger charge is -2.19. The summed E-state index contributed by atoms with van der Waals surface area (Å²) in [5.41, 5.74) is 2.08. The first-order chi connectivity index (χ1) is 8.53. The first-order valence-electron chi connectivity index (χ1n) is 6.05. The molecule has 0 spiro atoms. The van der Waals surface area contributed by atoms with Crippen molar-refractivity contribution in [1.29, 1.82) is 0 Å². The van der Waals surface area contributed by atoms with E-state index in [1.165, 1.54) is 0 Å². The molecule has 0 amide bonds. The van der Waals surface area contributed by atoms with Crippen LogP contribution in [0.4, 0.5) is 0 Å². The fourth-order valence-corrected chi connectivity index (χ4v) is 1.54. The predicted octanol–water partition coefficient (Wildman–Crippen LogP) is 1.61. The van der Waals surface area contributed by atoms with Gasteiger partial charge in [-0.2, -0.15) is 10.2 Å². The molecule has 18 heavy (non-hydrogen) atoms. The summed E-state index contributed by atoms with van der Waals surface area (Å²) in [5.74, 6) is 0. The molecule has 2 aromatic heterocycles. The van der Waals surface area contributed by atoms with Crippen molar-refractivity contribution in [1.82, 2.24) is 25.1 Å². The maximum absolute atomic E-state index is 4.37. The Morgan fingerprint density at radius 2 is 2.11 bits per heavy atom. The van der Waals surface area contributed by atoms with Crippen molar-refractivity contribution in [3.8, 4) is 0 Å². The lowest BCUT2D eigenvalue weighted by Crippen LogP contribution is -2.35. The standard InChI is InChI=1S/C13H19N5/c1-13(2,3)15-7-12-9-18(10-14-12)8-11-5-4-6-16-17-11/h4-6,9-10,15H,7-8H2,1-3H3. The van der Waals surface area contributed by atoms with E-state index in [1.807, 2.05) is 29.2 Å². The van der Waals surface area contributed by atoms with Crippen LogP contribution < -0.4 is 5.32 Å². The van der Waals surface area contributed by atoms with Gasteiger partial charge in [-0.05, 0) is 32.9 Å². The van der Waals surface area contributed by atoms with Crippen molar-refractivity contribution < 1.29 is 0 Å². The van der Waals surface area contributed by atoms with Gasteiger partial charge in [0.1, 0.15) is 0 Å². The minimum Gasteiger partial charge on any atom is -0.331 e. The van der Waals surface area contributed by atoms with Gasteiger partial charge in [0.05, 0.1) is 24.3 Å². The number of hydrogen-bond donors (Lipinski definition) is 1. The summed E-state index contributed by atoms with van der Waals surface area (Å²) < 4.78 is 2.02. The smallest absolute Gasteiger partial charge is 0.0953 e. The number of imidazole rings is 1. The minimum absolute atomic E-state index is 0.106. The normalized spacial score (nSPS) is 11.7. The molecule has 2 rings (SSSR count). The van der Waals surface area contributed by atoms with E-state index in [1.54, 1.807) is 6.20 Å². The van der Waals surface area contributed by atoms with Crippen LogP contribution in [0.1, 0.15) is 32.2 Å². The summed E-state index contributed by atoms with van der Waals surface area (Å²) in [6.45, 7) is 7.91. The fraction of sp³-hybridized carbons (Fsp3) is 0.462. The second kappa shape index (κ2) is 5.27. The quantitative estimate of drug-likeness (QED) is 0.889. The molecular formula is C13H19N5. The Labute approximate surface area is 107 Å². The average Bonchev–Trinajstić information content (AvgIpc) is 2.75. The average molecular weight is 245 g/mol. The Morgan fingerprint density at radius 3 is 2.78 bits per heavy atom. The maximum atomic E-state index is 4.37. The number of nitrogens with one attached hydrogen (secondary N) is 1. The summed E-state index contributed by atoms with van der Waals surface area (Å²) in [4.78, 5) is 4.37. The summed E-state index contributed by atoms with van der Waals surface area (Å²) in [5, 5.41) is 11.3. The van der Waals surface area contributed by atoms with E-state index < -0.39 is 0 Å². The van der Waals surface area contributed by atoms with Crippen LogP contribution in [0.25, 0.3) is 0 Å². The minimum atomic E-state index is 0.106. The SMILES string of the molecule is CC(C)(C)NCc1cn(Cc2cccnn2)cn1. The first-order valence-corrected chi connectivity index (χ1v) is 6.05. The van der Waals surface area contributed by atoms with Gasteiger partial charge in [-0.25, -0.2) is 4.98 Å². The van der Waals surface area contributed by atoms with Gasteiger partial charge in [0, 0.05) is 24.5 Å². The van der Waals surface area contributed by atoms with E-state index in [2.05, 4.69) is 41.3 Å². The van der Waals surface area contributed by atoms with E-state index in [4.69, 9.17) is 0 Å². The van der Waals surface area contributed by atoms with Crippen LogP contribution in [0.15, 0.2) is 30.9 Å². The van der Waals surface area contributed by atoms with Crippen molar-refractivity contribution >= 4 is 0 Å². The van der Waals surface area contributed by atoms with Gasteiger partial charge in [-0.1, -0.05) is 0 Å². The Morgan fingerprint density at radius 1 is 1.28 bits per heavy atom. The van der Waals surface area contributed by atoms with Gasteiger partial charge in [0.15, 0.2) is 0 Å². The van der Waals surface area contributed by atoms with Crippen LogP contribution in [-0.2, 0) is 13.1 Å². The van der Waals surface area contributed by atoms with Crippen LogP contribution in [0.3, 0.4) is 0 Å². The Kier molecular flexibility index (Phi) is 3.72. The molecule has 5 nitrogen and oxygen atoms in total. The molecule has 0 saturated heterocycles. The highest BCUT2D eigenvalue weighted by molar-refractivity contribution is 5.03. The molecule has 0 fully saturated rings. The highest BCUT2D eigenvalue weighted by Gasteiger charge is 2.09. The highest BCUT2D eigenvalue weighted by atomic mass is 15.1. The number of aromatic nitrogens is 4. The van der Waals surface area contributed by atoms with Gasteiger partial charge in [-0.3, -0.25) is 0 Å². The van der Waals surface area contributed by atoms with E-state index in [0.29, 0.717) is 6.54 Å². The van der Waals surface area contributed by atoms with Gasteiger partial charge in [-0.15, -0.1) is 0 Å². The van der Waals surface area contributed by atoms with Crippen molar-refractivity contribution in [2.45, 2.75) is 39.4 Å². The molecule has 0 aliphatic heterocycles. The predicted molar refractivity (Wildman–Crippen MR) is 70.0 cm³/mol. The molecule has 0 radical (unpaired) electrons. The molecule has 0 aliphatic carbocycles. The van der Waals surface area contributed by atoms with Gasteiger partial charge in [0.25, 0.3) is 0 Å². The molecule has 0 atom stereocenters. The number of nitrogens with zero attached hydrogens (tertiary/aromatic N) is 4. The third-order valence-electron chi connectivity index (χ3n) is 2.46. The topological polar surface area (TPSA) is 55.6 Å². The second-order valence-corrected chi connectivity index (χ2v) is 5.36. The molecule has 0 saturated carbocycles. The third-order valence-corrected chi connectivity index (χ3v) is 2.46.